The summed E-state index contributed by atoms with van der Waals surface area (Å²) in [5.41, 5.74) is 6.61. The van der Waals surface area contributed by atoms with E-state index >= 15 is 0 Å². The molecule has 8 heteroatoms. The molecule has 118 valence electrons. The van der Waals surface area contributed by atoms with Crippen molar-refractivity contribution in [3.63, 3.8) is 0 Å². The molecule has 0 aromatic carbocycles. The van der Waals surface area contributed by atoms with Crippen molar-refractivity contribution >= 4 is 17.2 Å². The lowest BCUT2D eigenvalue weighted by atomic mass is 10.1. The number of nitrogens with one attached hydrogen (secondary N) is 1. The molecule has 3 N–H and O–H groups in total. The van der Waals surface area contributed by atoms with Crippen molar-refractivity contribution in [2.75, 3.05) is 38.7 Å². The summed E-state index contributed by atoms with van der Waals surface area (Å²) < 4.78 is 5.49. The topological polar surface area (TPSA) is 107 Å². The number of nitrogens with two attached hydrogens (primary N) is 1. The van der Waals surface area contributed by atoms with Crippen LogP contribution in [-0.4, -0.2) is 48.6 Å². The van der Waals surface area contributed by atoms with Crippen molar-refractivity contribution in [2.45, 2.75) is 26.4 Å². The molecule has 0 fully saturated rings. The van der Waals surface area contributed by atoms with Crippen LogP contribution in [0.25, 0.3) is 0 Å². The quantitative estimate of drug-likeness (QED) is 0.580. The molecule has 8 nitrogen and oxygen atoms in total. The third-order valence-electron chi connectivity index (χ3n) is 2.86. The molecule has 0 saturated heterocycles. The van der Waals surface area contributed by atoms with Gasteiger partial charge in [0.25, 0.3) is 5.88 Å². The van der Waals surface area contributed by atoms with Crippen LogP contribution >= 0.6 is 0 Å². The SMILES string of the molecule is CNc1nc(OC(C)C)c([N+](=O)[O-])c(CCN(C)C)c1N. The number of pyridine rings is 1. The van der Waals surface area contributed by atoms with Gasteiger partial charge in [-0.3, -0.25) is 10.1 Å². The number of likely N-dealkylation sites (N-methyl/N-ethyl adjacent to an activating group) is 1. The van der Waals surface area contributed by atoms with E-state index in [1.807, 2.05) is 19.0 Å². The van der Waals surface area contributed by atoms with Crippen molar-refractivity contribution in [3.05, 3.63) is 15.7 Å². The minimum atomic E-state index is -0.481. The van der Waals surface area contributed by atoms with Gasteiger partial charge in [-0.2, -0.15) is 4.98 Å². The minimum absolute atomic E-state index is 0.00214. The summed E-state index contributed by atoms with van der Waals surface area (Å²) in [7, 11) is 5.46. The number of nitrogens with zero attached hydrogens (tertiary/aromatic N) is 3. The van der Waals surface area contributed by atoms with E-state index in [0.717, 1.165) is 0 Å². The average molecular weight is 297 g/mol. The first-order valence-electron chi connectivity index (χ1n) is 6.73. The summed E-state index contributed by atoms with van der Waals surface area (Å²) in [6, 6.07) is 0. The first kappa shape index (κ1) is 17.0. The summed E-state index contributed by atoms with van der Waals surface area (Å²) in [5.74, 6) is 0.396. The fourth-order valence-corrected chi connectivity index (χ4v) is 1.89. The molecule has 1 heterocycles. The highest BCUT2D eigenvalue weighted by Crippen LogP contribution is 2.37. The number of nitrogen functional groups attached to an aromatic ring is 1. The third kappa shape index (κ3) is 4.19. The Morgan fingerprint density at radius 1 is 1.48 bits per heavy atom. The summed E-state index contributed by atoms with van der Waals surface area (Å²) in [6.45, 7) is 4.22. The van der Waals surface area contributed by atoms with Crippen LogP contribution in [0.5, 0.6) is 5.88 Å². The number of hydrogen-bond acceptors (Lipinski definition) is 7. The van der Waals surface area contributed by atoms with Crippen LogP contribution < -0.4 is 15.8 Å². The molecule has 0 atom stereocenters. The molecular weight excluding hydrogens is 274 g/mol. The van der Waals surface area contributed by atoms with Crippen molar-refractivity contribution in [3.8, 4) is 5.88 Å². The van der Waals surface area contributed by atoms with E-state index < -0.39 is 4.92 Å². The predicted molar refractivity (Wildman–Crippen MR) is 82.9 cm³/mol. The van der Waals surface area contributed by atoms with Crippen molar-refractivity contribution < 1.29 is 9.66 Å². The molecule has 0 spiro atoms. The van der Waals surface area contributed by atoms with E-state index in [4.69, 9.17) is 10.5 Å². The molecule has 1 aromatic heterocycles. The highest BCUT2D eigenvalue weighted by molar-refractivity contribution is 5.73. The smallest absolute Gasteiger partial charge is 0.336 e. The van der Waals surface area contributed by atoms with Crippen LogP contribution in [0.1, 0.15) is 19.4 Å². The predicted octanol–water partition coefficient (Wildman–Crippen LogP) is 1.50. The Labute approximate surface area is 124 Å². The van der Waals surface area contributed by atoms with Gasteiger partial charge in [0, 0.05) is 13.6 Å². The fourth-order valence-electron chi connectivity index (χ4n) is 1.89. The maximum atomic E-state index is 11.4. The first-order chi connectivity index (χ1) is 9.77. The Morgan fingerprint density at radius 3 is 2.52 bits per heavy atom. The fraction of sp³-hybridized carbons (Fsp3) is 0.615. The normalized spacial score (nSPS) is 11.0. The molecule has 0 aliphatic rings. The van der Waals surface area contributed by atoms with E-state index in [0.29, 0.717) is 30.0 Å². The maximum absolute atomic E-state index is 11.4. The van der Waals surface area contributed by atoms with Crippen molar-refractivity contribution in [1.82, 2.24) is 9.88 Å². The van der Waals surface area contributed by atoms with Crippen molar-refractivity contribution in [2.24, 2.45) is 0 Å². The van der Waals surface area contributed by atoms with Crippen LogP contribution in [0.15, 0.2) is 0 Å². The van der Waals surface area contributed by atoms with Crippen LogP contribution in [0.4, 0.5) is 17.2 Å². The second-order valence-electron chi connectivity index (χ2n) is 5.23. The zero-order chi connectivity index (χ0) is 16.2. The Balaban J connectivity index is 3.43. The lowest BCUT2D eigenvalue weighted by Gasteiger charge is -2.17. The second-order valence-corrected chi connectivity index (χ2v) is 5.23. The van der Waals surface area contributed by atoms with Crippen LogP contribution in [0, 0.1) is 10.1 Å². The van der Waals surface area contributed by atoms with Gasteiger partial charge in [0.1, 0.15) is 0 Å². The molecule has 0 amide bonds. The summed E-state index contributed by atoms with van der Waals surface area (Å²) in [5, 5.41) is 14.3. The highest BCUT2D eigenvalue weighted by Gasteiger charge is 2.28. The van der Waals surface area contributed by atoms with E-state index in [1.54, 1.807) is 20.9 Å². The van der Waals surface area contributed by atoms with Crippen molar-refractivity contribution in [1.29, 1.82) is 0 Å². The number of nitro groups is 1. The number of anilines is 2. The Hall–Kier alpha value is -2.09. The Kier molecular flexibility index (Phi) is 5.71. The van der Waals surface area contributed by atoms with Gasteiger partial charge in [-0.25, -0.2) is 0 Å². The summed E-state index contributed by atoms with van der Waals surface area (Å²) >= 11 is 0. The highest BCUT2D eigenvalue weighted by atomic mass is 16.6. The zero-order valence-corrected chi connectivity index (χ0v) is 13.1. The minimum Gasteiger partial charge on any atom is -0.470 e. The van der Waals surface area contributed by atoms with Crippen LogP contribution in [0.3, 0.4) is 0 Å². The lowest BCUT2D eigenvalue weighted by molar-refractivity contribution is -0.387. The molecule has 0 unspecified atom stereocenters. The van der Waals surface area contributed by atoms with Gasteiger partial charge >= 0.3 is 5.69 Å². The van der Waals surface area contributed by atoms with E-state index in [9.17, 15) is 10.1 Å². The summed E-state index contributed by atoms with van der Waals surface area (Å²) in [4.78, 5) is 17.0. The molecule has 0 bridgehead atoms. The standard InChI is InChI=1S/C13H23N5O3/c1-8(2)21-13-11(18(19)20)9(6-7-17(4)5)10(14)12(15-3)16-13/h8H,6-7,14H2,1-5H3,(H,15,16). The molecule has 21 heavy (non-hydrogen) atoms. The van der Waals surface area contributed by atoms with Crippen LogP contribution in [0.2, 0.25) is 0 Å². The van der Waals surface area contributed by atoms with E-state index in [1.165, 1.54) is 0 Å². The summed E-state index contributed by atoms with van der Waals surface area (Å²) in [6.07, 6.45) is 0.229. The maximum Gasteiger partial charge on any atom is 0.336 e. The molecule has 0 radical (unpaired) electrons. The molecule has 0 aliphatic heterocycles. The molecule has 1 rings (SSSR count). The van der Waals surface area contributed by atoms with Gasteiger partial charge in [-0.1, -0.05) is 0 Å². The monoisotopic (exact) mass is 297 g/mol. The number of aromatic nitrogens is 1. The molecular formula is C13H23N5O3. The Bertz CT molecular complexity index is 517. The third-order valence-corrected chi connectivity index (χ3v) is 2.86. The average Bonchev–Trinajstić information content (AvgIpc) is 2.37. The van der Waals surface area contributed by atoms with Gasteiger partial charge < -0.3 is 20.7 Å². The second kappa shape index (κ2) is 7.07. The van der Waals surface area contributed by atoms with Gasteiger partial charge in [0.15, 0.2) is 5.82 Å². The zero-order valence-electron chi connectivity index (χ0n) is 13.1. The molecule has 0 saturated carbocycles. The number of hydrogen-bond donors (Lipinski definition) is 2. The Morgan fingerprint density at radius 2 is 2.10 bits per heavy atom. The molecule has 1 aromatic rings. The van der Waals surface area contributed by atoms with E-state index in [2.05, 4.69) is 10.3 Å². The number of rotatable bonds is 7. The van der Waals surface area contributed by atoms with Crippen LogP contribution in [-0.2, 0) is 6.42 Å². The van der Waals surface area contributed by atoms with Gasteiger partial charge in [0.05, 0.1) is 22.3 Å². The van der Waals surface area contributed by atoms with Gasteiger partial charge in [-0.05, 0) is 34.4 Å². The van der Waals surface area contributed by atoms with E-state index in [-0.39, 0.29) is 17.7 Å². The van der Waals surface area contributed by atoms with Gasteiger partial charge in [0.2, 0.25) is 0 Å². The molecule has 0 aliphatic carbocycles. The lowest BCUT2D eigenvalue weighted by Crippen LogP contribution is -2.18. The largest absolute Gasteiger partial charge is 0.470 e. The van der Waals surface area contributed by atoms with Gasteiger partial charge in [-0.15, -0.1) is 0 Å². The first-order valence-corrected chi connectivity index (χ1v) is 6.73. The number of ether oxygens (including phenoxy) is 1.